The molecule has 0 amide bonds. The van der Waals surface area contributed by atoms with Crippen molar-refractivity contribution in [3.05, 3.63) is 60.2 Å². The first-order chi connectivity index (χ1) is 8.79. The predicted octanol–water partition coefficient (Wildman–Crippen LogP) is 2.14. The van der Waals surface area contributed by atoms with Gasteiger partial charge in [0.05, 0.1) is 0 Å². The maximum absolute atomic E-state index is 6.21. The summed E-state index contributed by atoms with van der Waals surface area (Å²) in [5, 5.41) is 1.02. The van der Waals surface area contributed by atoms with Gasteiger partial charge in [0.2, 0.25) is 0 Å². The predicted molar refractivity (Wildman–Crippen MR) is 76.6 cm³/mol. The molecule has 2 aromatic carbocycles. The SMILES string of the molecule is COc1ccc(C(N)C[Se]c2ccccc2)cc1. The molecule has 1 atom stereocenters. The minimum absolute atomic E-state index is 0.108. The summed E-state index contributed by atoms with van der Waals surface area (Å²) in [6.07, 6.45) is 0. The van der Waals surface area contributed by atoms with Crippen LogP contribution >= 0.6 is 0 Å². The second-order valence-corrected chi connectivity index (χ2v) is 6.30. The van der Waals surface area contributed by atoms with Crippen LogP contribution in [0.2, 0.25) is 5.32 Å². The van der Waals surface area contributed by atoms with E-state index in [4.69, 9.17) is 10.5 Å². The van der Waals surface area contributed by atoms with Crippen molar-refractivity contribution in [2.45, 2.75) is 11.4 Å². The first-order valence-electron chi connectivity index (χ1n) is 5.87. The van der Waals surface area contributed by atoms with Crippen molar-refractivity contribution in [3.8, 4) is 5.75 Å². The fourth-order valence-electron chi connectivity index (χ4n) is 1.65. The molecule has 0 radical (unpaired) electrons. The fraction of sp³-hybridized carbons (Fsp3) is 0.200. The van der Waals surface area contributed by atoms with Gasteiger partial charge >= 0.3 is 114 Å². The van der Waals surface area contributed by atoms with Crippen molar-refractivity contribution in [2.75, 3.05) is 7.11 Å². The minimum atomic E-state index is 0.108. The molecule has 0 bridgehead atoms. The van der Waals surface area contributed by atoms with Crippen molar-refractivity contribution in [3.63, 3.8) is 0 Å². The van der Waals surface area contributed by atoms with Crippen molar-refractivity contribution in [2.24, 2.45) is 5.73 Å². The second-order valence-electron chi connectivity index (χ2n) is 4.00. The van der Waals surface area contributed by atoms with Gasteiger partial charge in [-0.05, 0) is 0 Å². The molecule has 0 aliphatic heterocycles. The molecule has 94 valence electrons. The van der Waals surface area contributed by atoms with E-state index in [2.05, 4.69) is 24.3 Å². The van der Waals surface area contributed by atoms with Crippen LogP contribution < -0.4 is 14.9 Å². The van der Waals surface area contributed by atoms with Gasteiger partial charge in [-0.1, -0.05) is 0 Å². The first-order valence-corrected chi connectivity index (χ1v) is 7.94. The van der Waals surface area contributed by atoms with Gasteiger partial charge in [0.25, 0.3) is 0 Å². The van der Waals surface area contributed by atoms with E-state index in [1.165, 1.54) is 10.0 Å². The molecule has 18 heavy (non-hydrogen) atoms. The third-order valence-corrected chi connectivity index (χ3v) is 5.09. The summed E-state index contributed by atoms with van der Waals surface area (Å²) in [5.41, 5.74) is 7.38. The van der Waals surface area contributed by atoms with E-state index in [1.807, 2.05) is 30.3 Å². The summed E-state index contributed by atoms with van der Waals surface area (Å²) in [7, 11) is 1.67. The van der Waals surface area contributed by atoms with Crippen LogP contribution in [0.4, 0.5) is 0 Å². The zero-order chi connectivity index (χ0) is 12.8. The Morgan fingerprint density at radius 2 is 1.72 bits per heavy atom. The number of hydrogen-bond acceptors (Lipinski definition) is 2. The van der Waals surface area contributed by atoms with Crippen molar-refractivity contribution in [1.82, 2.24) is 0 Å². The van der Waals surface area contributed by atoms with Crippen molar-refractivity contribution >= 4 is 19.4 Å². The van der Waals surface area contributed by atoms with Gasteiger partial charge in [0.15, 0.2) is 0 Å². The van der Waals surface area contributed by atoms with Crippen LogP contribution in [0, 0.1) is 0 Å². The molecule has 3 heteroatoms. The molecule has 0 heterocycles. The zero-order valence-corrected chi connectivity index (χ0v) is 12.1. The summed E-state index contributed by atoms with van der Waals surface area (Å²) in [6.45, 7) is 0. The van der Waals surface area contributed by atoms with E-state index >= 15 is 0 Å². The third kappa shape index (κ3) is 3.61. The van der Waals surface area contributed by atoms with Gasteiger partial charge in [0, 0.05) is 0 Å². The van der Waals surface area contributed by atoms with Crippen LogP contribution in [0.5, 0.6) is 5.75 Å². The van der Waals surface area contributed by atoms with Crippen molar-refractivity contribution in [1.29, 1.82) is 0 Å². The monoisotopic (exact) mass is 307 g/mol. The molecule has 0 fully saturated rings. The van der Waals surface area contributed by atoms with E-state index in [-0.39, 0.29) is 6.04 Å². The van der Waals surface area contributed by atoms with Gasteiger partial charge in [-0.25, -0.2) is 0 Å². The standard InChI is InChI=1S/C15H17NOSe/c1-17-13-9-7-12(8-10-13)15(16)11-18-14-5-3-2-4-6-14/h2-10,15H,11,16H2,1H3. The topological polar surface area (TPSA) is 35.2 Å². The Kier molecular flexibility index (Phi) is 4.82. The Balaban J connectivity index is 1.93. The van der Waals surface area contributed by atoms with Crippen LogP contribution in [-0.4, -0.2) is 22.1 Å². The van der Waals surface area contributed by atoms with E-state index < -0.39 is 0 Å². The fourth-order valence-corrected chi connectivity index (χ4v) is 3.57. The normalized spacial score (nSPS) is 12.1. The maximum atomic E-state index is 6.21. The van der Waals surface area contributed by atoms with E-state index in [0.29, 0.717) is 15.0 Å². The molecule has 2 N–H and O–H groups in total. The molecule has 0 spiro atoms. The summed E-state index contributed by atoms with van der Waals surface area (Å²) in [6, 6.07) is 18.7. The van der Waals surface area contributed by atoms with Gasteiger partial charge in [0.1, 0.15) is 0 Å². The van der Waals surface area contributed by atoms with Gasteiger partial charge in [-0.3, -0.25) is 0 Å². The Hall–Kier alpha value is -1.28. The molecule has 0 saturated heterocycles. The molecule has 2 rings (SSSR count). The molecular weight excluding hydrogens is 289 g/mol. The summed E-state index contributed by atoms with van der Waals surface area (Å²) in [5.74, 6) is 0.875. The number of benzene rings is 2. The van der Waals surface area contributed by atoms with Gasteiger partial charge in [-0.15, -0.1) is 0 Å². The van der Waals surface area contributed by atoms with E-state index in [9.17, 15) is 0 Å². The quantitative estimate of drug-likeness (QED) is 0.859. The van der Waals surface area contributed by atoms with Crippen molar-refractivity contribution < 1.29 is 4.74 Å². The average molecular weight is 306 g/mol. The summed E-state index contributed by atoms with van der Waals surface area (Å²) >= 11 is 0.431. The molecule has 0 saturated carbocycles. The van der Waals surface area contributed by atoms with E-state index in [0.717, 1.165) is 11.1 Å². The average Bonchev–Trinajstić information content (AvgIpc) is 2.46. The van der Waals surface area contributed by atoms with Crippen LogP contribution in [0.15, 0.2) is 54.6 Å². The number of methoxy groups -OCH3 is 1. The number of ether oxygens (including phenoxy) is 1. The summed E-state index contributed by atoms with van der Waals surface area (Å²) < 4.78 is 6.54. The Morgan fingerprint density at radius 1 is 1.06 bits per heavy atom. The van der Waals surface area contributed by atoms with Crippen LogP contribution in [0.3, 0.4) is 0 Å². The van der Waals surface area contributed by atoms with Gasteiger partial charge < -0.3 is 0 Å². The molecule has 2 aromatic rings. The Morgan fingerprint density at radius 3 is 2.33 bits per heavy atom. The second kappa shape index (κ2) is 6.60. The van der Waals surface area contributed by atoms with Gasteiger partial charge in [-0.2, -0.15) is 0 Å². The molecule has 2 nitrogen and oxygen atoms in total. The van der Waals surface area contributed by atoms with Crippen LogP contribution in [0.25, 0.3) is 0 Å². The Bertz CT molecular complexity index is 470. The molecule has 0 aliphatic carbocycles. The number of rotatable bonds is 5. The molecule has 0 aromatic heterocycles. The molecular formula is C15H17NOSe. The number of hydrogen-bond donors (Lipinski definition) is 1. The number of nitrogens with two attached hydrogens (primary N) is 1. The molecule has 0 aliphatic rings. The third-order valence-electron chi connectivity index (χ3n) is 2.72. The zero-order valence-electron chi connectivity index (χ0n) is 10.4. The Labute approximate surface area is 114 Å². The summed E-state index contributed by atoms with van der Waals surface area (Å²) in [4.78, 5) is 0. The van der Waals surface area contributed by atoms with Crippen LogP contribution in [-0.2, 0) is 0 Å². The van der Waals surface area contributed by atoms with Crippen LogP contribution in [0.1, 0.15) is 11.6 Å². The van der Waals surface area contributed by atoms with E-state index in [1.54, 1.807) is 7.11 Å². The first kappa shape index (κ1) is 13.2. The molecule has 1 unspecified atom stereocenters.